The molecule has 7 nitrogen and oxygen atoms in total. The maximum absolute atomic E-state index is 12.4. The summed E-state index contributed by atoms with van der Waals surface area (Å²) in [4.78, 5) is 43.1. The quantitative estimate of drug-likeness (QED) is 0.659. The largest absolute Gasteiger partial charge is 0.379 e. The minimum absolute atomic E-state index is 0.0359. The molecular formula is C18H24ClN3O4S. The van der Waals surface area contributed by atoms with Crippen LogP contribution in [0, 0.1) is 0 Å². The van der Waals surface area contributed by atoms with Gasteiger partial charge in [-0.1, -0.05) is 11.6 Å². The van der Waals surface area contributed by atoms with E-state index >= 15 is 0 Å². The smallest absolute Gasteiger partial charge is 0.236 e. The number of carbonyl (C=O) groups excluding carboxylic acids is 3. The van der Waals surface area contributed by atoms with Gasteiger partial charge in [0.2, 0.25) is 11.8 Å². The van der Waals surface area contributed by atoms with E-state index in [1.54, 1.807) is 17.0 Å². The Morgan fingerprint density at radius 2 is 1.56 bits per heavy atom. The molecule has 27 heavy (non-hydrogen) atoms. The number of hydrogen-bond acceptors (Lipinski definition) is 6. The van der Waals surface area contributed by atoms with Crippen LogP contribution in [0.2, 0.25) is 4.34 Å². The van der Waals surface area contributed by atoms with Crippen molar-refractivity contribution in [2.75, 3.05) is 59.0 Å². The van der Waals surface area contributed by atoms with E-state index in [-0.39, 0.29) is 30.4 Å². The topological polar surface area (TPSA) is 70.2 Å². The Morgan fingerprint density at radius 3 is 2.15 bits per heavy atom. The first kappa shape index (κ1) is 20.3. The van der Waals surface area contributed by atoms with Crippen molar-refractivity contribution in [3.05, 3.63) is 21.3 Å². The Morgan fingerprint density at radius 1 is 0.926 bits per heavy atom. The molecule has 0 aromatic carbocycles. The highest BCUT2D eigenvalue weighted by Gasteiger charge is 2.26. The van der Waals surface area contributed by atoms with Crippen LogP contribution < -0.4 is 0 Å². The molecule has 0 spiro atoms. The van der Waals surface area contributed by atoms with Crippen LogP contribution in [0.5, 0.6) is 0 Å². The number of carbonyl (C=O) groups is 3. The first-order valence-electron chi connectivity index (χ1n) is 9.17. The highest BCUT2D eigenvalue weighted by molar-refractivity contribution is 7.18. The number of halogens is 1. The first-order valence-corrected chi connectivity index (χ1v) is 10.4. The van der Waals surface area contributed by atoms with Crippen LogP contribution in [0.1, 0.15) is 22.5 Å². The van der Waals surface area contributed by atoms with Crippen LogP contribution in [-0.2, 0) is 14.3 Å². The average molecular weight is 414 g/mol. The minimum Gasteiger partial charge on any atom is -0.379 e. The summed E-state index contributed by atoms with van der Waals surface area (Å²) in [5.41, 5.74) is 0. The summed E-state index contributed by atoms with van der Waals surface area (Å²) >= 11 is 7.08. The van der Waals surface area contributed by atoms with E-state index in [0.29, 0.717) is 55.2 Å². The van der Waals surface area contributed by atoms with E-state index in [0.717, 1.165) is 13.1 Å². The molecule has 0 N–H and O–H groups in total. The maximum Gasteiger partial charge on any atom is 0.236 e. The number of thiophene rings is 1. The Bertz CT molecular complexity index is 682. The predicted octanol–water partition coefficient (Wildman–Crippen LogP) is 1.37. The summed E-state index contributed by atoms with van der Waals surface area (Å²) in [5.74, 6) is 0.0135. The lowest BCUT2D eigenvalue weighted by Gasteiger charge is -2.36. The average Bonchev–Trinajstić information content (AvgIpc) is 3.13. The van der Waals surface area contributed by atoms with Gasteiger partial charge in [-0.3, -0.25) is 19.3 Å². The van der Waals surface area contributed by atoms with E-state index in [9.17, 15) is 14.4 Å². The monoisotopic (exact) mass is 413 g/mol. The second-order valence-electron chi connectivity index (χ2n) is 6.68. The minimum atomic E-state index is -0.0559. The third kappa shape index (κ3) is 5.75. The van der Waals surface area contributed by atoms with E-state index in [2.05, 4.69) is 4.90 Å². The summed E-state index contributed by atoms with van der Waals surface area (Å²) < 4.78 is 5.87. The summed E-state index contributed by atoms with van der Waals surface area (Å²) in [7, 11) is 0. The lowest BCUT2D eigenvalue weighted by Crippen LogP contribution is -2.53. The SMILES string of the molecule is O=C(CCC(=O)N1CCN(C(=O)CN2CCOCC2)CC1)c1ccc(Cl)s1. The van der Waals surface area contributed by atoms with Crippen LogP contribution in [-0.4, -0.2) is 91.3 Å². The van der Waals surface area contributed by atoms with E-state index in [4.69, 9.17) is 16.3 Å². The number of Topliss-reactive ketones (excluding diaryl/α,β-unsaturated/α-hetero) is 1. The van der Waals surface area contributed by atoms with Gasteiger partial charge in [0, 0.05) is 52.1 Å². The van der Waals surface area contributed by atoms with Crippen LogP contribution in [0.15, 0.2) is 12.1 Å². The highest BCUT2D eigenvalue weighted by Crippen LogP contribution is 2.23. The molecule has 2 fully saturated rings. The molecule has 3 rings (SSSR count). The van der Waals surface area contributed by atoms with Gasteiger partial charge in [0.05, 0.1) is 29.0 Å². The van der Waals surface area contributed by atoms with Gasteiger partial charge in [-0.2, -0.15) is 0 Å². The molecule has 0 atom stereocenters. The molecule has 0 bridgehead atoms. The Labute approximate surface area is 167 Å². The molecule has 1 aromatic rings. The molecule has 2 saturated heterocycles. The molecule has 0 aliphatic carbocycles. The van der Waals surface area contributed by atoms with Crippen molar-refractivity contribution < 1.29 is 19.1 Å². The molecule has 0 radical (unpaired) electrons. The highest BCUT2D eigenvalue weighted by atomic mass is 35.5. The molecular weight excluding hydrogens is 390 g/mol. The lowest BCUT2D eigenvalue weighted by atomic mass is 10.1. The Kier molecular flexibility index (Phi) is 7.23. The Balaban J connectivity index is 1.38. The molecule has 2 amide bonds. The van der Waals surface area contributed by atoms with Gasteiger partial charge in [0.15, 0.2) is 5.78 Å². The second-order valence-corrected chi connectivity index (χ2v) is 8.39. The van der Waals surface area contributed by atoms with Gasteiger partial charge in [-0.15, -0.1) is 11.3 Å². The normalized spacial score (nSPS) is 18.6. The standard InChI is InChI=1S/C18H24ClN3O4S/c19-16-3-2-15(27-16)14(23)1-4-17(24)21-5-7-22(8-6-21)18(25)13-20-9-11-26-12-10-20/h2-3H,1,4-13H2. The van der Waals surface area contributed by atoms with E-state index in [1.165, 1.54) is 11.3 Å². The van der Waals surface area contributed by atoms with Crippen molar-refractivity contribution in [1.29, 1.82) is 0 Å². The summed E-state index contributed by atoms with van der Waals surface area (Å²) in [6.45, 7) is 5.46. The fraction of sp³-hybridized carbons (Fsp3) is 0.611. The number of ketones is 1. The number of ether oxygens (including phenoxy) is 1. The number of hydrogen-bond donors (Lipinski definition) is 0. The van der Waals surface area contributed by atoms with Gasteiger partial charge in [0.1, 0.15) is 0 Å². The number of piperazine rings is 1. The van der Waals surface area contributed by atoms with Gasteiger partial charge in [-0.25, -0.2) is 0 Å². The molecule has 3 heterocycles. The van der Waals surface area contributed by atoms with Gasteiger partial charge < -0.3 is 14.5 Å². The van der Waals surface area contributed by atoms with Crippen molar-refractivity contribution in [2.24, 2.45) is 0 Å². The third-order valence-electron chi connectivity index (χ3n) is 4.86. The van der Waals surface area contributed by atoms with Crippen molar-refractivity contribution in [3.8, 4) is 0 Å². The summed E-state index contributed by atoms with van der Waals surface area (Å²) in [6, 6.07) is 3.38. The summed E-state index contributed by atoms with van der Waals surface area (Å²) in [6.07, 6.45) is 0.377. The molecule has 2 aliphatic rings. The van der Waals surface area contributed by atoms with E-state index < -0.39 is 0 Å². The third-order valence-corrected chi connectivity index (χ3v) is 6.13. The predicted molar refractivity (Wildman–Crippen MR) is 103 cm³/mol. The van der Waals surface area contributed by atoms with Crippen LogP contribution in [0.3, 0.4) is 0 Å². The van der Waals surface area contributed by atoms with Crippen LogP contribution >= 0.6 is 22.9 Å². The van der Waals surface area contributed by atoms with Crippen molar-refractivity contribution in [2.45, 2.75) is 12.8 Å². The second kappa shape index (κ2) is 9.64. The molecule has 0 unspecified atom stereocenters. The number of nitrogens with zero attached hydrogens (tertiary/aromatic N) is 3. The van der Waals surface area contributed by atoms with Crippen molar-refractivity contribution in [3.63, 3.8) is 0 Å². The molecule has 9 heteroatoms. The van der Waals surface area contributed by atoms with E-state index in [1.807, 2.05) is 4.90 Å². The zero-order valence-corrected chi connectivity index (χ0v) is 16.8. The van der Waals surface area contributed by atoms with Gasteiger partial charge in [-0.05, 0) is 12.1 Å². The molecule has 148 valence electrons. The zero-order chi connectivity index (χ0) is 19.2. The molecule has 1 aromatic heterocycles. The maximum atomic E-state index is 12.4. The lowest BCUT2D eigenvalue weighted by molar-refractivity contribution is -0.140. The van der Waals surface area contributed by atoms with Crippen molar-refractivity contribution >= 4 is 40.5 Å². The zero-order valence-electron chi connectivity index (χ0n) is 15.2. The van der Waals surface area contributed by atoms with Crippen LogP contribution in [0.4, 0.5) is 0 Å². The number of rotatable bonds is 6. The summed E-state index contributed by atoms with van der Waals surface area (Å²) in [5, 5.41) is 0. The fourth-order valence-corrected chi connectivity index (χ4v) is 4.23. The first-order chi connectivity index (χ1) is 13.0. The van der Waals surface area contributed by atoms with Gasteiger partial charge >= 0.3 is 0 Å². The van der Waals surface area contributed by atoms with Crippen LogP contribution in [0.25, 0.3) is 0 Å². The number of amides is 2. The van der Waals surface area contributed by atoms with Gasteiger partial charge in [0.25, 0.3) is 0 Å². The number of morpholine rings is 1. The molecule has 2 aliphatic heterocycles. The Hall–Kier alpha value is -1.48. The van der Waals surface area contributed by atoms with Crippen molar-refractivity contribution in [1.82, 2.24) is 14.7 Å². The molecule has 0 saturated carbocycles. The fourth-order valence-electron chi connectivity index (χ4n) is 3.22.